The lowest BCUT2D eigenvalue weighted by atomic mass is 10.2. The van der Waals surface area contributed by atoms with E-state index < -0.39 is 0 Å². The molecule has 0 saturated carbocycles. The average Bonchev–Trinajstić information content (AvgIpc) is 2.16. The minimum Gasteiger partial charge on any atom is -0.491 e. The minimum absolute atomic E-state index is 0.200. The first-order valence-electron chi connectivity index (χ1n) is 5.13. The molecule has 0 fully saturated rings. The Kier molecular flexibility index (Phi) is 5.77. The van der Waals surface area contributed by atoms with Crippen molar-refractivity contribution in [3.8, 4) is 5.75 Å². The molecule has 1 rings (SSSR count). The molecule has 0 saturated heterocycles. The van der Waals surface area contributed by atoms with Gasteiger partial charge in [0.05, 0.1) is 6.10 Å². The van der Waals surface area contributed by atoms with Crippen molar-refractivity contribution in [1.82, 2.24) is 0 Å². The highest BCUT2D eigenvalue weighted by atomic mass is 16.5. The first-order chi connectivity index (χ1) is 6.61. The first-order valence-corrected chi connectivity index (χ1v) is 5.13. The van der Waals surface area contributed by atoms with E-state index in [4.69, 9.17) is 10.5 Å². The van der Waals surface area contributed by atoms with E-state index in [0.717, 1.165) is 17.0 Å². The predicted molar refractivity (Wildman–Crippen MR) is 62.7 cm³/mol. The zero-order valence-corrected chi connectivity index (χ0v) is 9.79. The molecule has 1 aromatic rings. The lowest BCUT2D eigenvalue weighted by Crippen LogP contribution is -2.07. The Morgan fingerprint density at radius 1 is 1.21 bits per heavy atom. The summed E-state index contributed by atoms with van der Waals surface area (Å²) in [5.74, 6) is 0.880. The molecule has 2 nitrogen and oxygen atoms in total. The van der Waals surface area contributed by atoms with Crippen LogP contribution in [0.3, 0.4) is 0 Å². The van der Waals surface area contributed by atoms with E-state index in [-0.39, 0.29) is 6.10 Å². The first kappa shape index (κ1) is 12.8. The van der Waals surface area contributed by atoms with Crippen molar-refractivity contribution in [3.63, 3.8) is 0 Å². The van der Waals surface area contributed by atoms with Crippen molar-refractivity contribution in [3.05, 3.63) is 23.8 Å². The van der Waals surface area contributed by atoms with Gasteiger partial charge in [0, 0.05) is 11.3 Å². The summed E-state index contributed by atoms with van der Waals surface area (Å²) in [6.45, 7) is 9.97. The molecule has 0 aromatic heterocycles. The van der Waals surface area contributed by atoms with Gasteiger partial charge in [-0.15, -0.1) is 0 Å². The van der Waals surface area contributed by atoms with E-state index in [1.165, 1.54) is 0 Å². The summed E-state index contributed by atoms with van der Waals surface area (Å²) in [5, 5.41) is 0. The fraction of sp³-hybridized carbons (Fsp3) is 0.500. The molecule has 2 heteroatoms. The predicted octanol–water partition coefficient (Wildman–Crippen LogP) is 3.39. The van der Waals surface area contributed by atoms with Gasteiger partial charge in [-0.3, -0.25) is 0 Å². The second-order valence-electron chi connectivity index (χ2n) is 3.14. The molecule has 2 N–H and O–H groups in total. The van der Waals surface area contributed by atoms with Gasteiger partial charge in [-0.1, -0.05) is 19.9 Å². The normalized spacial score (nSPS) is 9.29. The smallest absolute Gasteiger partial charge is 0.124 e. The van der Waals surface area contributed by atoms with Crippen LogP contribution in [-0.4, -0.2) is 6.10 Å². The molecule has 80 valence electrons. The fourth-order valence-corrected chi connectivity index (χ4v) is 1.01. The van der Waals surface area contributed by atoms with Gasteiger partial charge in [-0.05, 0) is 32.9 Å². The maximum Gasteiger partial charge on any atom is 0.124 e. The second-order valence-corrected chi connectivity index (χ2v) is 3.14. The standard InChI is InChI=1S/C10H15NO.C2H6/c1-7(2)12-10-6-4-5-9(11)8(10)3;1-2/h4-7H,11H2,1-3H3;1-2H3. The van der Waals surface area contributed by atoms with Gasteiger partial charge in [-0.2, -0.15) is 0 Å². The largest absolute Gasteiger partial charge is 0.491 e. The Labute approximate surface area is 87.1 Å². The number of ether oxygens (including phenoxy) is 1. The number of benzene rings is 1. The van der Waals surface area contributed by atoms with Crippen molar-refractivity contribution in [2.45, 2.75) is 40.7 Å². The molecule has 0 radical (unpaired) electrons. The fourth-order valence-electron chi connectivity index (χ4n) is 1.01. The second kappa shape index (κ2) is 6.30. The summed E-state index contributed by atoms with van der Waals surface area (Å²) in [6.07, 6.45) is 0.200. The third-order valence-corrected chi connectivity index (χ3v) is 1.69. The monoisotopic (exact) mass is 195 g/mol. The van der Waals surface area contributed by atoms with E-state index >= 15 is 0 Å². The molecule has 14 heavy (non-hydrogen) atoms. The van der Waals surface area contributed by atoms with E-state index in [9.17, 15) is 0 Å². The van der Waals surface area contributed by atoms with Crippen molar-refractivity contribution < 1.29 is 4.74 Å². The van der Waals surface area contributed by atoms with Gasteiger partial charge < -0.3 is 10.5 Å². The summed E-state index contributed by atoms with van der Waals surface area (Å²) in [7, 11) is 0. The van der Waals surface area contributed by atoms with Gasteiger partial charge in [0.25, 0.3) is 0 Å². The molecule has 0 aliphatic carbocycles. The van der Waals surface area contributed by atoms with Crippen LogP contribution < -0.4 is 10.5 Å². The van der Waals surface area contributed by atoms with Crippen LogP contribution in [0.4, 0.5) is 5.69 Å². The SMILES string of the molecule is CC.Cc1c(N)cccc1OC(C)C. The highest BCUT2D eigenvalue weighted by molar-refractivity contribution is 5.53. The molecule has 0 bridgehead atoms. The Hall–Kier alpha value is -1.18. The van der Waals surface area contributed by atoms with Crippen LogP contribution in [0.1, 0.15) is 33.3 Å². The quantitative estimate of drug-likeness (QED) is 0.734. The van der Waals surface area contributed by atoms with Crippen molar-refractivity contribution >= 4 is 5.69 Å². The summed E-state index contributed by atoms with van der Waals surface area (Å²) < 4.78 is 5.55. The molecule has 0 atom stereocenters. The molecular weight excluding hydrogens is 174 g/mol. The van der Waals surface area contributed by atoms with Gasteiger partial charge in [0.1, 0.15) is 5.75 Å². The summed E-state index contributed by atoms with van der Waals surface area (Å²) in [4.78, 5) is 0. The van der Waals surface area contributed by atoms with Crippen molar-refractivity contribution in [2.75, 3.05) is 5.73 Å². The lowest BCUT2D eigenvalue weighted by Gasteiger charge is -2.12. The van der Waals surface area contributed by atoms with Crippen LogP contribution >= 0.6 is 0 Å². The van der Waals surface area contributed by atoms with Crippen molar-refractivity contribution in [2.24, 2.45) is 0 Å². The molecule has 0 amide bonds. The zero-order chi connectivity index (χ0) is 11.1. The number of hydrogen-bond acceptors (Lipinski definition) is 2. The van der Waals surface area contributed by atoms with E-state index in [2.05, 4.69) is 0 Å². The van der Waals surface area contributed by atoms with Crippen LogP contribution in [0, 0.1) is 6.92 Å². The summed E-state index contributed by atoms with van der Waals surface area (Å²) in [5.41, 5.74) is 7.52. The third-order valence-electron chi connectivity index (χ3n) is 1.69. The average molecular weight is 195 g/mol. The van der Waals surface area contributed by atoms with Crippen LogP contribution in [-0.2, 0) is 0 Å². The zero-order valence-electron chi connectivity index (χ0n) is 9.79. The molecule has 0 spiro atoms. The number of anilines is 1. The lowest BCUT2D eigenvalue weighted by molar-refractivity contribution is 0.241. The van der Waals surface area contributed by atoms with Crippen molar-refractivity contribution in [1.29, 1.82) is 0 Å². The maximum atomic E-state index is 5.72. The van der Waals surface area contributed by atoms with Gasteiger partial charge in [-0.25, -0.2) is 0 Å². The molecular formula is C12H21NO. The number of nitrogen functional groups attached to an aromatic ring is 1. The van der Waals surface area contributed by atoms with Crippen LogP contribution in [0.5, 0.6) is 5.75 Å². The Morgan fingerprint density at radius 3 is 2.29 bits per heavy atom. The van der Waals surface area contributed by atoms with E-state index in [1.807, 2.05) is 52.8 Å². The van der Waals surface area contributed by atoms with Crippen LogP contribution in [0.2, 0.25) is 0 Å². The highest BCUT2D eigenvalue weighted by Gasteiger charge is 2.02. The molecule has 0 heterocycles. The minimum atomic E-state index is 0.200. The molecule has 0 aliphatic heterocycles. The molecule has 1 aromatic carbocycles. The van der Waals surface area contributed by atoms with E-state index in [0.29, 0.717) is 0 Å². The number of rotatable bonds is 2. The third kappa shape index (κ3) is 3.69. The highest BCUT2D eigenvalue weighted by Crippen LogP contribution is 2.23. The maximum absolute atomic E-state index is 5.72. The number of nitrogens with two attached hydrogens (primary N) is 1. The topological polar surface area (TPSA) is 35.2 Å². The Bertz CT molecular complexity index is 269. The molecule has 0 unspecified atom stereocenters. The van der Waals surface area contributed by atoms with Crippen LogP contribution in [0.15, 0.2) is 18.2 Å². The van der Waals surface area contributed by atoms with Crippen LogP contribution in [0.25, 0.3) is 0 Å². The number of hydrogen-bond donors (Lipinski definition) is 1. The molecule has 0 aliphatic rings. The van der Waals surface area contributed by atoms with Gasteiger partial charge in [0.2, 0.25) is 0 Å². The van der Waals surface area contributed by atoms with Gasteiger partial charge >= 0.3 is 0 Å². The summed E-state index contributed by atoms with van der Waals surface area (Å²) in [6, 6.07) is 5.72. The summed E-state index contributed by atoms with van der Waals surface area (Å²) >= 11 is 0. The van der Waals surface area contributed by atoms with Gasteiger partial charge in [0.15, 0.2) is 0 Å². The Morgan fingerprint density at radius 2 is 1.79 bits per heavy atom. The Balaban J connectivity index is 0.000000791. The van der Waals surface area contributed by atoms with E-state index in [1.54, 1.807) is 0 Å².